The Kier molecular flexibility index (Phi) is 26.2. The number of nitrogens with zero attached hydrogens (tertiary/aromatic N) is 1. The van der Waals surface area contributed by atoms with Gasteiger partial charge in [-0.05, 0) is 32.6 Å². The molecule has 1 aromatic carbocycles. The highest BCUT2D eigenvalue weighted by Crippen LogP contribution is 2.11. The number of carbonyl (C=O) groups excluding carboxylic acids is 5. The van der Waals surface area contributed by atoms with E-state index in [1.807, 2.05) is 71.3 Å². The molecule has 2 unspecified atom stereocenters. The second kappa shape index (κ2) is 27.3. The first-order valence-corrected chi connectivity index (χ1v) is 13.4. The van der Waals surface area contributed by atoms with Gasteiger partial charge in [0.2, 0.25) is 5.91 Å². The molecule has 1 heterocycles. The summed E-state index contributed by atoms with van der Waals surface area (Å²) >= 11 is 0. The molecular formula is C30H46N4O5. The molecular weight excluding hydrogens is 496 g/mol. The standard InChI is InChI=1S/C20H27N3O5.C6H6.C2H7N.C2H6/c1-2-3-4-7-16(19(27)15(14-25)10-13-24)23-18(26)9-12-22-20(28)17-8-5-6-11-21-17;1-2-4-6-5-3-1;1-3-2;1-2/h5-6,8,11,13-16H,2-4,7,9-10,12H2,1H3,(H,22,28)(H,23,26);1-6H;3H,1-2H3;1-2H3. The average Bonchev–Trinajstić information content (AvgIpc) is 2.98. The Morgan fingerprint density at radius 3 is 1.97 bits per heavy atom. The molecule has 0 radical (unpaired) electrons. The summed E-state index contributed by atoms with van der Waals surface area (Å²) in [6.07, 6.45) is 5.21. The molecule has 0 saturated carbocycles. The molecule has 0 aliphatic heterocycles. The fraction of sp³-hybridized carbons (Fsp3) is 0.467. The number of unbranched alkanes of at least 4 members (excludes halogenated alkanes) is 2. The monoisotopic (exact) mass is 542 g/mol. The van der Waals surface area contributed by atoms with Gasteiger partial charge in [0.15, 0.2) is 5.78 Å². The smallest absolute Gasteiger partial charge is 0.269 e. The number of hydrogen-bond acceptors (Lipinski definition) is 7. The van der Waals surface area contributed by atoms with E-state index in [0.717, 1.165) is 19.3 Å². The molecule has 0 aliphatic carbocycles. The zero-order chi connectivity index (χ0) is 29.7. The maximum atomic E-state index is 12.5. The summed E-state index contributed by atoms with van der Waals surface area (Å²) in [4.78, 5) is 62.2. The van der Waals surface area contributed by atoms with E-state index in [4.69, 9.17) is 0 Å². The summed E-state index contributed by atoms with van der Waals surface area (Å²) in [5, 5.41) is 7.97. The molecule has 2 aromatic rings. The van der Waals surface area contributed by atoms with Crippen molar-refractivity contribution in [1.82, 2.24) is 20.9 Å². The van der Waals surface area contributed by atoms with Crippen molar-refractivity contribution in [2.45, 2.75) is 65.3 Å². The number of nitrogens with one attached hydrogen (secondary N) is 3. The summed E-state index contributed by atoms with van der Waals surface area (Å²) < 4.78 is 0. The van der Waals surface area contributed by atoms with Crippen molar-refractivity contribution in [3.05, 3.63) is 66.5 Å². The van der Waals surface area contributed by atoms with Crippen LogP contribution in [0.2, 0.25) is 0 Å². The van der Waals surface area contributed by atoms with Gasteiger partial charge in [-0.3, -0.25) is 19.4 Å². The fourth-order valence-electron chi connectivity index (χ4n) is 3.01. The third kappa shape index (κ3) is 20.0. The second-order valence-electron chi connectivity index (χ2n) is 8.04. The third-order valence-electron chi connectivity index (χ3n) is 4.86. The summed E-state index contributed by atoms with van der Waals surface area (Å²) in [5.41, 5.74) is 0.248. The van der Waals surface area contributed by atoms with Crippen LogP contribution < -0.4 is 16.0 Å². The van der Waals surface area contributed by atoms with Crippen LogP contribution >= 0.6 is 0 Å². The molecule has 2 rings (SSSR count). The van der Waals surface area contributed by atoms with Crippen LogP contribution in [0.1, 0.15) is 69.8 Å². The number of aromatic nitrogens is 1. The van der Waals surface area contributed by atoms with Gasteiger partial charge >= 0.3 is 0 Å². The van der Waals surface area contributed by atoms with Crippen LogP contribution in [0.25, 0.3) is 0 Å². The lowest BCUT2D eigenvalue weighted by Crippen LogP contribution is -2.45. The lowest BCUT2D eigenvalue weighted by Gasteiger charge is -2.20. The SMILES string of the molecule is CC.CCCCCC(NC(=O)CCNC(=O)c1ccccn1)C(=O)C(C=O)CC=O.CNC.c1ccccc1. The van der Waals surface area contributed by atoms with E-state index in [-0.39, 0.29) is 25.1 Å². The van der Waals surface area contributed by atoms with E-state index in [1.165, 1.54) is 6.20 Å². The van der Waals surface area contributed by atoms with Gasteiger partial charge in [-0.25, -0.2) is 0 Å². The van der Waals surface area contributed by atoms with E-state index < -0.39 is 29.6 Å². The van der Waals surface area contributed by atoms with E-state index in [0.29, 0.717) is 19.0 Å². The normalized spacial score (nSPS) is 10.8. The highest BCUT2D eigenvalue weighted by molar-refractivity contribution is 6.00. The highest BCUT2D eigenvalue weighted by atomic mass is 16.2. The zero-order valence-corrected chi connectivity index (χ0v) is 24.0. The van der Waals surface area contributed by atoms with Gasteiger partial charge in [-0.2, -0.15) is 0 Å². The topological polar surface area (TPSA) is 134 Å². The molecule has 0 spiro atoms. The molecule has 3 N–H and O–H groups in total. The first kappa shape index (κ1) is 37.4. The molecule has 9 nitrogen and oxygen atoms in total. The quantitative estimate of drug-likeness (QED) is 0.188. The van der Waals surface area contributed by atoms with Crippen LogP contribution in [-0.2, 0) is 19.2 Å². The van der Waals surface area contributed by atoms with Gasteiger partial charge in [0, 0.05) is 25.6 Å². The molecule has 0 bridgehead atoms. The number of benzene rings is 1. The molecule has 2 amide bonds. The van der Waals surface area contributed by atoms with E-state index in [2.05, 4.69) is 20.9 Å². The highest BCUT2D eigenvalue weighted by Gasteiger charge is 2.27. The van der Waals surface area contributed by atoms with Crippen molar-refractivity contribution in [3.8, 4) is 0 Å². The zero-order valence-electron chi connectivity index (χ0n) is 24.0. The largest absolute Gasteiger partial charge is 0.350 e. The Morgan fingerprint density at radius 1 is 0.923 bits per heavy atom. The van der Waals surface area contributed by atoms with Crippen LogP contribution in [0.3, 0.4) is 0 Å². The molecule has 0 fully saturated rings. The minimum atomic E-state index is -1.05. The number of amides is 2. The second-order valence-corrected chi connectivity index (χ2v) is 8.04. The minimum absolute atomic E-state index is 0.0183. The first-order valence-electron chi connectivity index (χ1n) is 13.4. The maximum Gasteiger partial charge on any atom is 0.269 e. The van der Waals surface area contributed by atoms with Gasteiger partial charge < -0.3 is 25.5 Å². The Balaban J connectivity index is 0. The van der Waals surface area contributed by atoms with Gasteiger partial charge in [0.1, 0.15) is 18.3 Å². The minimum Gasteiger partial charge on any atom is -0.350 e. The lowest BCUT2D eigenvalue weighted by atomic mass is 9.93. The summed E-state index contributed by atoms with van der Waals surface area (Å²) in [5.74, 6) is -2.31. The first-order chi connectivity index (χ1) is 18.9. The van der Waals surface area contributed by atoms with Crippen LogP contribution in [0, 0.1) is 5.92 Å². The van der Waals surface area contributed by atoms with E-state index >= 15 is 0 Å². The van der Waals surface area contributed by atoms with Crippen LogP contribution in [-0.4, -0.2) is 61.8 Å². The van der Waals surface area contributed by atoms with Gasteiger partial charge in [-0.1, -0.05) is 82.5 Å². The van der Waals surface area contributed by atoms with E-state index in [1.54, 1.807) is 18.2 Å². The van der Waals surface area contributed by atoms with Crippen molar-refractivity contribution in [2.75, 3.05) is 20.6 Å². The fourth-order valence-corrected chi connectivity index (χ4v) is 3.01. The maximum absolute atomic E-state index is 12.5. The molecule has 216 valence electrons. The Hall–Kier alpha value is -3.72. The van der Waals surface area contributed by atoms with Crippen molar-refractivity contribution in [1.29, 1.82) is 0 Å². The Morgan fingerprint density at radius 2 is 1.51 bits per heavy atom. The third-order valence-corrected chi connectivity index (χ3v) is 4.86. The molecule has 1 aromatic heterocycles. The van der Waals surface area contributed by atoms with Crippen molar-refractivity contribution in [3.63, 3.8) is 0 Å². The van der Waals surface area contributed by atoms with Crippen LogP contribution in [0.4, 0.5) is 0 Å². The van der Waals surface area contributed by atoms with Crippen LogP contribution in [0.15, 0.2) is 60.8 Å². The molecule has 9 heteroatoms. The average molecular weight is 543 g/mol. The van der Waals surface area contributed by atoms with Crippen LogP contribution in [0.5, 0.6) is 0 Å². The number of ketones is 1. The number of hydrogen-bond donors (Lipinski definition) is 3. The van der Waals surface area contributed by atoms with Gasteiger partial charge in [0.05, 0.1) is 12.0 Å². The summed E-state index contributed by atoms with van der Waals surface area (Å²) in [6.45, 7) is 6.10. The molecule has 0 saturated heterocycles. The van der Waals surface area contributed by atoms with E-state index in [9.17, 15) is 24.0 Å². The number of rotatable bonds is 14. The summed E-state index contributed by atoms with van der Waals surface area (Å²) in [6, 6.07) is 16.1. The van der Waals surface area contributed by atoms with Crippen molar-refractivity contribution in [2.24, 2.45) is 5.92 Å². The number of Topliss-reactive ketones (excluding diaryl/α,β-unsaturated/α-hetero) is 1. The number of aldehydes is 2. The summed E-state index contributed by atoms with van der Waals surface area (Å²) in [7, 11) is 3.75. The Bertz CT molecular complexity index is 868. The predicted molar refractivity (Wildman–Crippen MR) is 155 cm³/mol. The van der Waals surface area contributed by atoms with Crippen molar-refractivity contribution < 1.29 is 24.0 Å². The molecule has 2 atom stereocenters. The molecule has 0 aliphatic rings. The predicted octanol–water partition coefficient (Wildman–Crippen LogP) is 3.79. The Labute approximate surface area is 233 Å². The number of carbonyl (C=O) groups is 5. The number of pyridine rings is 1. The van der Waals surface area contributed by atoms with Gasteiger partial charge in [-0.15, -0.1) is 0 Å². The molecule has 39 heavy (non-hydrogen) atoms. The lowest BCUT2D eigenvalue weighted by molar-refractivity contribution is -0.133. The van der Waals surface area contributed by atoms with Gasteiger partial charge in [0.25, 0.3) is 5.91 Å². The van der Waals surface area contributed by atoms with Crippen molar-refractivity contribution >= 4 is 30.2 Å².